The van der Waals surface area contributed by atoms with Gasteiger partial charge in [0.15, 0.2) is 11.6 Å². The van der Waals surface area contributed by atoms with E-state index >= 15 is 0 Å². The van der Waals surface area contributed by atoms with E-state index in [4.69, 9.17) is 0 Å². The van der Waals surface area contributed by atoms with Crippen molar-refractivity contribution in [3.05, 3.63) is 83.4 Å². The molecule has 4 nitrogen and oxygen atoms in total. The SMILES string of the molecule is Cc1nc(CCNC(=O)c2ccc(F)c(F)c2)cn1-c1ccccc1. The molecule has 0 atom stereocenters. The molecule has 0 saturated carbocycles. The first-order valence-electron chi connectivity index (χ1n) is 7.88. The number of hydrogen-bond acceptors (Lipinski definition) is 2. The second-order valence-electron chi connectivity index (χ2n) is 5.62. The Hall–Kier alpha value is -3.02. The number of hydrogen-bond donors (Lipinski definition) is 1. The van der Waals surface area contributed by atoms with Crippen LogP contribution < -0.4 is 5.32 Å². The number of amides is 1. The average Bonchev–Trinajstić information content (AvgIpc) is 2.98. The first-order chi connectivity index (χ1) is 12.0. The van der Waals surface area contributed by atoms with Crippen molar-refractivity contribution >= 4 is 5.91 Å². The minimum atomic E-state index is -1.04. The predicted molar refractivity (Wildman–Crippen MR) is 90.7 cm³/mol. The first-order valence-corrected chi connectivity index (χ1v) is 7.88. The van der Waals surface area contributed by atoms with Crippen molar-refractivity contribution < 1.29 is 13.6 Å². The van der Waals surface area contributed by atoms with Crippen LogP contribution in [0.3, 0.4) is 0 Å². The molecule has 0 aliphatic heterocycles. The summed E-state index contributed by atoms with van der Waals surface area (Å²) in [5.74, 6) is -1.60. The molecule has 0 spiro atoms. The van der Waals surface area contributed by atoms with Gasteiger partial charge in [-0.2, -0.15) is 0 Å². The fourth-order valence-electron chi connectivity index (χ4n) is 2.55. The first kappa shape index (κ1) is 16.8. The summed E-state index contributed by atoms with van der Waals surface area (Å²) in [5.41, 5.74) is 1.95. The minimum Gasteiger partial charge on any atom is -0.352 e. The third-order valence-electron chi connectivity index (χ3n) is 3.82. The highest BCUT2D eigenvalue weighted by Gasteiger charge is 2.10. The van der Waals surface area contributed by atoms with Gasteiger partial charge in [-0.3, -0.25) is 4.79 Å². The minimum absolute atomic E-state index is 0.0879. The van der Waals surface area contributed by atoms with E-state index in [2.05, 4.69) is 10.3 Å². The number of nitrogens with one attached hydrogen (secondary N) is 1. The third-order valence-corrected chi connectivity index (χ3v) is 3.82. The highest BCUT2D eigenvalue weighted by Crippen LogP contribution is 2.12. The molecule has 0 unspecified atom stereocenters. The lowest BCUT2D eigenvalue weighted by molar-refractivity contribution is 0.0953. The number of para-hydroxylation sites is 1. The van der Waals surface area contributed by atoms with E-state index in [1.54, 1.807) is 0 Å². The van der Waals surface area contributed by atoms with Gasteiger partial charge in [0.25, 0.3) is 5.91 Å². The molecule has 0 radical (unpaired) electrons. The smallest absolute Gasteiger partial charge is 0.251 e. The summed E-state index contributed by atoms with van der Waals surface area (Å²) in [6.45, 7) is 2.26. The molecular weight excluding hydrogens is 324 g/mol. The molecule has 2 aromatic carbocycles. The van der Waals surface area contributed by atoms with Gasteiger partial charge < -0.3 is 9.88 Å². The highest BCUT2D eigenvalue weighted by atomic mass is 19.2. The summed E-state index contributed by atoms with van der Waals surface area (Å²) in [6.07, 6.45) is 2.46. The van der Waals surface area contributed by atoms with Crippen LogP contribution in [0.15, 0.2) is 54.7 Å². The second-order valence-corrected chi connectivity index (χ2v) is 5.62. The number of halogens is 2. The molecule has 0 aliphatic carbocycles. The Kier molecular flexibility index (Phi) is 4.88. The summed E-state index contributed by atoms with van der Waals surface area (Å²) in [7, 11) is 0. The number of rotatable bonds is 5. The van der Waals surface area contributed by atoms with Crippen molar-refractivity contribution in [1.29, 1.82) is 0 Å². The summed E-state index contributed by atoms with van der Waals surface area (Å²) in [6, 6.07) is 12.9. The molecule has 3 aromatic rings. The van der Waals surface area contributed by atoms with Crippen LogP contribution >= 0.6 is 0 Å². The third kappa shape index (κ3) is 3.91. The van der Waals surface area contributed by atoms with Gasteiger partial charge in [-0.05, 0) is 37.3 Å². The number of imidazole rings is 1. The van der Waals surface area contributed by atoms with Crippen LogP contribution in [0.4, 0.5) is 8.78 Å². The monoisotopic (exact) mass is 341 g/mol. The van der Waals surface area contributed by atoms with Gasteiger partial charge in [0.05, 0.1) is 5.69 Å². The topological polar surface area (TPSA) is 46.9 Å². The fourth-order valence-corrected chi connectivity index (χ4v) is 2.55. The Morgan fingerprint density at radius 2 is 1.88 bits per heavy atom. The predicted octanol–water partition coefficient (Wildman–Crippen LogP) is 3.43. The summed E-state index contributed by atoms with van der Waals surface area (Å²) < 4.78 is 28.0. The molecule has 1 heterocycles. The van der Waals surface area contributed by atoms with Crippen molar-refractivity contribution in [2.45, 2.75) is 13.3 Å². The highest BCUT2D eigenvalue weighted by molar-refractivity contribution is 5.94. The Morgan fingerprint density at radius 3 is 2.60 bits per heavy atom. The van der Waals surface area contributed by atoms with Crippen LogP contribution in [0.2, 0.25) is 0 Å². The molecule has 128 valence electrons. The van der Waals surface area contributed by atoms with E-state index in [1.165, 1.54) is 6.07 Å². The van der Waals surface area contributed by atoms with E-state index < -0.39 is 17.5 Å². The number of benzene rings is 2. The fraction of sp³-hybridized carbons (Fsp3) is 0.158. The molecule has 1 aromatic heterocycles. The van der Waals surface area contributed by atoms with Gasteiger partial charge in [0, 0.05) is 30.4 Å². The van der Waals surface area contributed by atoms with Gasteiger partial charge in [-0.1, -0.05) is 18.2 Å². The van der Waals surface area contributed by atoms with E-state index in [-0.39, 0.29) is 5.56 Å². The van der Waals surface area contributed by atoms with Crippen LogP contribution in [0, 0.1) is 18.6 Å². The van der Waals surface area contributed by atoms with Crippen molar-refractivity contribution in [3.63, 3.8) is 0 Å². The molecule has 0 fully saturated rings. The van der Waals surface area contributed by atoms with Gasteiger partial charge >= 0.3 is 0 Å². The van der Waals surface area contributed by atoms with Crippen molar-refractivity contribution in [1.82, 2.24) is 14.9 Å². The summed E-state index contributed by atoms with van der Waals surface area (Å²) >= 11 is 0. The van der Waals surface area contributed by atoms with E-state index in [1.807, 2.05) is 48.0 Å². The lowest BCUT2D eigenvalue weighted by Gasteiger charge is -2.04. The molecule has 1 amide bonds. The lowest BCUT2D eigenvalue weighted by Crippen LogP contribution is -2.25. The summed E-state index contributed by atoms with van der Waals surface area (Å²) in [4.78, 5) is 16.5. The van der Waals surface area contributed by atoms with Crippen molar-refractivity contribution in [2.24, 2.45) is 0 Å². The molecule has 25 heavy (non-hydrogen) atoms. The van der Waals surface area contributed by atoms with Crippen molar-refractivity contribution in [3.8, 4) is 5.69 Å². The quantitative estimate of drug-likeness (QED) is 0.773. The maximum absolute atomic E-state index is 13.2. The zero-order chi connectivity index (χ0) is 17.8. The van der Waals surface area contributed by atoms with Crippen LogP contribution in [-0.2, 0) is 6.42 Å². The number of aromatic nitrogens is 2. The Bertz CT molecular complexity index is 891. The molecule has 0 aliphatic rings. The second kappa shape index (κ2) is 7.25. The van der Waals surface area contributed by atoms with Crippen molar-refractivity contribution in [2.75, 3.05) is 6.54 Å². The van der Waals surface area contributed by atoms with Crippen LogP contribution in [0.1, 0.15) is 21.9 Å². The zero-order valence-corrected chi connectivity index (χ0v) is 13.7. The summed E-state index contributed by atoms with van der Waals surface area (Å²) in [5, 5.41) is 2.69. The molecule has 6 heteroatoms. The van der Waals surface area contributed by atoms with Crippen LogP contribution in [0.5, 0.6) is 0 Å². The molecule has 0 saturated heterocycles. The lowest BCUT2D eigenvalue weighted by atomic mass is 10.2. The molecule has 1 N–H and O–H groups in total. The largest absolute Gasteiger partial charge is 0.352 e. The van der Waals surface area contributed by atoms with E-state index in [0.717, 1.165) is 29.3 Å². The maximum atomic E-state index is 13.2. The molecular formula is C19H17F2N3O. The number of carbonyl (C=O) groups is 1. The van der Waals surface area contributed by atoms with Gasteiger partial charge in [0.2, 0.25) is 0 Å². The van der Waals surface area contributed by atoms with Gasteiger partial charge in [-0.15, -0.1) is 0 Å². The van der Waals surface area contributed by atoms with Crippen LogP contribution in [0.25, 0.3) is 5.69 Å². The van der Waals surface area contributed by atoms with E-state index in [0.29, 0.717) is 13.0 Å². The van der Waals surface area contributed by atoms with E-state index in [9.17, 15) is 13.6 Å². The normalized spacial score (nSPS) is 10.7. The Labute approximate surface area is 144 Å². The number of nitrogens with zero attached hydrogens (tertiary/aromatic N) is 2. The van der Waals surface area contributed by atoms with Gasteiger partial charge in [-0.25, -0.2) is 13.8 Å². The standard InChI is InChI=1S/C19H17F2N3O/c1-13-23-15(12-24(13)16-5-3-2-4-6-16)9-10-22-19(25)14-7-8-17(20)18(21)11-14/h2-8,11-12H,9-10H2,1H3,(H,22,25). The molecule has 0 bridgehead atoms. The molecule has 3 rings (SSSR count). The number of carbonyl (C=O) groups excluding carboxylic acids is 1. The van der Waals surface area contributed by atoms with Crippen LogP contribution in [-0.4, -0.2) is 22.0 Å². The number of aryl methyl sites for hydroxylation is 1. The maximum Gasteiger partial charge on any atom is 0.251 e. The Morgan fingerprint density at radius 1 is 1.12 bits per heavy atom. The zero-order valence-electron chi connectivity index (χ0n) is 13.7. The average molecular weight is 341 g/mol. The Balaban J connectivity index is 1.61. The van der Waals surface area contributed by atoms with Gasteiger partial charge in [0.1, 0.15) is 5.82 Å².